The predicted octanol–water partition coefficient (Wildman–Crippen LogP) is 1.42. The van der Waals surface area contributed by atoms with Crippen molar-refractivity contribution in [2.24, 2.45) is 5.73 Å². The zero-order valence-corrected chi connectivity index (χ0v) is 11.4. The van der Waals surface area contributed by atoms with Crippen molar-refractivity contribution in [3.8, 4) is 5.69 Å². The number of benzene rings is 1. The van der Waals surface area contributed by atoms with Crippen molar-refractivity contribution in [3.63, 3.8) is 0 Å². The Morgan fingerprint density at radius 3 is 2.62 bits per heavy atom. The Balaban J connectivity index is 2.52. The highest BCUT2D eigenvalue weighted by atomic mass is 16.6. The number of carbonyl (C=O) groups is 1. The highest BCUT2D eigenvalue weighted by molar-refractivity contribution is 5.92. The fourth-order valence-corrected chi connectivity index (χ4v) is 1.83. The lowest BCUT2D eigenvalue weighted by atomic mass is 10.2. The van der Waals surface area contributed by atoms with Gasteiger partial charge in [0.2, 0.25) is 5.69 Å². The average Bonchev–Trinajstić information content (AvgIpc) is 2.92. The molecule has 1 heterocycles. The summed E-state index contributed by atoms with van der Waals surface area (Å²) in [7, 11) is 0. The largest absolute Gasteiger partial charge is 0.461 e. The molecular formula is C13H14N4O4. The molecule has 0 aliphatic carbocycles. The Hall–Kier alpha value is -2.74. The highest BCUT2D eigenvalue weighted by Crippen LogP contribution is 2.22. The van der Waals surface area contributed by atoms with Crippen molar-refractivity contribution in [1.82, 2.24) is 9.78 Å². The molecule has 0 aliphatic heterocycles. The number of nitrogens with zero attached hydrogens (tertiary/aromatic N) is 3. The number of ether oxygens (including phenoxy) is 1. The summed E-state index contributed by atoms with van der Waals surface area (Å²) in [6, 6.07) is 6.89. The number of nitro groups is 1. The fourth-order valence-electron chi connectivity index (χ4n) is 1.83. The summed E-state index contributed by atoms with van der Waals surface area (Å²) in [4.78, 5) is 22.3. The van der Waals surface area contributed by atoms with Crippen molar-refractivity contribution in [2.75, 3.05) is 6.61 Å². The number of rotatable bonds is 5. The van der Waals surface area contributed by atoms with Gasteiger partial charge in [0.1, 0.15) is 6.20 Å². The normalized spacial score (nSPS) is 10.4. The minimum absolute atomic E-state index is 0.118. The van der Waals surface area contributed by atoms with Gasteiger partial charge < -0.3 is 10.5 Å². The first-order chi connectivity index (χ1) is 10.1. The molecule has 0 bridgehead atoms. The first kappa shape index (κ1) is 14.7. The van der Waals surface area contributed by atoms with E-state index < -0.39 is 16.6 Å². The van der Waals surface area contributed by atoms with E-state index in [1.165, 1.54) is 4.68 Å². The molecule has 0 aliphatic rings. The zero-order valence-electron chi connectivity index (χ0n) is 11.4. The molecule has 0 radical (unpaired) electrons. The van der Waals surface area contributed by atoms with Crippen molar-refractivity contribution in [2.45, 2.75) is 13.5 Å². The molecule has 1 aromatic heterocycles. The molecule has 21 heavy (non-hydrogen) atoms. The summed E-state index contributed by atoms with van der Waals surface area (Å²) in [6.07, 6.45) is 1.03. The maximum Gasteiger partial charge on any atom is 0.364 e. The minimum atomic E-state index is -0.787. The van der Waals surface area contributed by atoms with Gasteiger partial charge in [-0.1, -0.05) is 12.1 Å². The number of carbonyl (C=O) groups excluding carboxylic acids is 1. The lowest BCUT2D eigenvalue weighted by Gasteiger charge is -2.07. The second-order valence-electron chi connectivity index (χ2n) is 4.14. The van der Waals surface area contributed by atoms with Gasteiger partial charge in [-0.25, -0.2) is 9.48 Å². The van der Waals surface area contributed by atoms with Crippen LogP contribution in [0.1, 0.15) is 23.0 Å². The second-order valence-corrected chi connectivity index (χ2v) is 4.14. The molecule has 0 spiro atoms. The van der Waals surface area contributed by atoms with Gasteiger partial charge in [-0.2, -0.15) is 5.10 Å². The van der Waals surface area contributed by atoms with Crippen LogP contribution >= 0.6 is 0 Å². The van der Waals surface area contributed by atoms with Crippen molar-refractivity contribution in [3.05, 3.63) is 51.8 Å². The van der Waals surface area contributed by atoms with E-state index >= 15 is 0 Å². The van der Waals surface area contributed by atoms with Gasteiger partial charge >= 0.3 is 11.7 Å². The third-order valence-electron chi connectivity index (χ3n) is 2.83. The quantitative estimate of drug-likeness (QED) is 0.506. The standard InChI is InChI=1S/C13H14N4O4/c1-2-21-13(18)12-11(17(19)20)8-15-16(12)10-5-3-9(7-14)4-6-10/h3-6,8H,2,7,14H2,1H3. The Kier molecular flexibility index (Phi) is 4.29. The van der Waals surface area contributed by atoms with Gasteiger partial charge in [0.25, 0.3) is 0 Å². The summed E-state index contributed by atoms with van der Waals surface area (Å²) < 4.78 is 6.05. The van der Waals surface area contributed by atoms with E-state index in [9.17, 15) is 14.9 Å². The maximum atomic E-state index is 11.9. The summed E-state index contributed by atoms with van der Waals surface area (Å²) in [6.45, 7) is 2.12. The van der Waals surface area contributed by atoms with Crippen LogP contribution in [0.2, 0.25) is 0 Å². The van der Waals surface area contributed by atoms with Crippen LogP contribution in [0.3, 0.4) is 0 Å². The monoisotopic (exact) mass is 290 g/mol. The fraction of sp³-hybridized carbons (Fsp3) is 0.231. The van der Waals surface area contributed by atoms with Gasteiger partial charge in [-0.05, 0) is 24.6 Å². The Bertz CT molecular complexity index is 663. The van der Waals surface area contributed by atoms with E-state index in [0.717, 1.165) is 11.8 Å². The molecule has 2 rings (SSSR count). The molecule has 8 heteroatoms. The number of esters is 1. The molecule has 1 aromatic carbocycles. The molecule has 110 valence electrons. The summed E-state index contributed by atoms with van der Waals surface area (Å²) in [5.41, 5.74) is 6.33. The van der Waals surface area contributed by atoms with Crippen molar-refractivity contribution < 1.29 is 14.5 Å². The lowest BCUT2D eigenvalue weighted by Crippen LogP contribution is -2.13. The molecule has 0 unspecified atom stereocenters. The molecule has 0 saturated carbocycles. The van der Waals surface area contributed by atoms with Crippen LogP contribution in [-0.4, -0.2) is 27.3 Å². The molecular weight excluding hydrogens is 276 g/mol. The van der Waals surface area contributed by atoms with E-state index in [2.05, 4.69) is 5.10 Å². The summed E-state index contributed by atoms with van der Waals surface area (Å²) in [5.74, 6) is -0.787. The van der Waals surface area contributed by atoms with E-state index in [-0.39, 0.29) is 12.3 Å². The Labute approximate surface area is 120 Å². The van der Waals surface area contributed by atoms with Gasteiger partial charge in [0.05, 0.1) is 17.2 Å². The van der Waals surface area contributed by atoms with Crippen LogP contribution in [0, 0.1) is 10.1 Å². The number of aromatic nitrogens is 2. The van der Waals surface area contributed by atoms with Gasteiger partial charge in [0.15, 0.2) is 0 Å². The lowest BCUT2D eigenvalue weighted by molar-refractivity contribution is -0.385. The number of hydrogen-bond acceptors (Lipinski definition) is 6. The van der Waals surface area contributed by atoms with Crippen LogP contribution in [0.25, 0.3) is 5.69 Å². The van der Waals surface area contributed by atoms with Crippen molar-refractivity contribution >= 4 is 11.7 Å². The maximum absolute atomic E-state index is 11.9. The molecule has 2 N–H and O–H groups in total. The topological polar surface area (TPSA) is 113 Å². The first-order valence-corrected chi connectivity index (χ1v) is 6.27. The van der Waals surface area contributed by atoms with E-state index in [4.69, 9.17) is 10.5 Å². The first-order valence-electron chi connectivity index (χ1n) is 6.27. The van der Waals surface area contributed by atoms with Crippen molar-refractivity contribution in [1.29, 1.82) is 0 Å². The van der Waals surface area contributed by atoms with E-state index in [0.29, 0.717) is 12.2 Å². The Morgan fingerprint density at radius 2 is 2.10 bits per heavy atom. The highest BCUT2D eigenvalue weighted by Gasteiger charge is 2.28. The van der Waals surface area contributed by atoms with E-state index in [1.54, 1.807) is 31.2 Å². The zero-order chi connectivity index (χ0) is 15.4. The third kappa shape index (κ3) is 2.90. The van der Waals surface area contributed by atoms with Gasteiger partial charge in [-0.15, -0.1) is 0 Å². The average molecular weight is 290 g/mol. The number of nitrogens with two attached hydrogens (primary N) is 1. The van der Waals surface area contributed by atoms with Gasteiger partial charge in [-0.3, -0.25) is 10.1 Å². The smallest absolute Gasteiger partial charge is 0.364 e. The SMILES string of the molecule is CCOC(=O)c1c([N+](=O)[O-])cnn1-c1ccc(CN)cc1. The summed E-state index contributed by atoms with van der Waals surface area (Å²) >= 11 is 0. The number of hydrogen-bond donors (Lipinski definition) is 1. The molecule has 0 atom stereocenters. The predicted molar refractivity (Wildman–Crippen MR) is 74.1 cm³/mol. The van der Waals surface area contributed by atoms with Crippen LogP contribution in [0.15, 0.2) is 30.5 Å². The summed E-state index contributed by atoms with van der Waals surface area (Å²) in [5, 5.41) is 14.9. The van der Waals surface area contributed by atoms with Crippen LogP contribution in [-0.2, 0) is 11.3 Å². The van der Waals surface area contributed by atoms with E-state index in [1.807, 2.05) is 0 Å². The third-order valence-corrected chi connectivity index (χ3v) is 2.83. The molecule has 8 nitrogen and oxygen atoms in total. The molecule has 0 amide bonds. The second kappa shape index (κ2) is 6.14. The molecule has 0 saturated heterocycles. The van der Waals surface area contributed by atoms with Crippen LogP contribution in [0.5, 0.6) is 0 Å². The van der Waals surface area contributed by atoms with Gasteiger partial charge in [0, 0.05) is 6.54 Å². The molecule has 2 aromatic rings. The minimum Gasteiger partial charge on any atom is -0.461 e. The molecule has 0 fully saturated rings. The van der Waals surface area contributed by atoms with Crippen LogP contribution < -0.4 is 5.73 Å². The van der Waals surface area contributed by atoms with Crippen LogP contribution in [0.4, 0.5) is 5.69 Å². The Morgan fingerprint density at radius 1 is 1.43 bits per heavy atom.